The molecule has 0 bridgehead atoms. The molecular formula is C11H18N2O. The van der Waals surface area contributed by atoms with Crippen LogP contribution in [0.3, 0.4) is 0 Å². The second kappa shape index (κ2) is 4.29. The van der Waals surface area contributed by atoms with Crippen molar-refractivity contribution in [3.05, 3.63) is 0 Å². The first-order valence-electron chi connectivity index (χ1n) is 5.54. The van der Waals surface area contributed by atoms with E-state index in [1.807, 2.05) is 0 Å². The highest BCUT2D eigenvalue weighted by Crippen LogP contribution is 2.44. The smallest absolute Gasteiger partial charge is 0.0703 e. The number of ether oxygens (including phenoxy) is 1. The molecule has 1 aliphatic carbocycles. The molecule has 0 amide bonds. The van der Waals surface area contributed by atoms with E-state index in [0.29, 0.717) is 0 Å². The molecular weight excluding hydrogens is 176 g/mol. The molecule has 1 saturated heterocycles. The lowest BCUT2D eigenvalue weighted by Gasteiger charge is -2.22. The van der Waals surface area contributed by atoms with Crippen LogP contribution in [0.5, 0.6) is 0 Å². The van der Waals surface area contributed by atoms with Gasteiger partial charge < -0.3 is 10.1 Å². The van der Waals surface area contributed by atoms with Crippen LogP contribution < -0.4 is 5.32 Å². The summed E-state index contributed by atoms with van der Waals surface area (Å²) in [6.45, 7) is 3.78. The van der Waals surface area contributed by atoms with E-state index in [2.05, 4.69) is 11.4 Å². The van der Waals surface area contributed by atoms with Crippen LogP contribution in [-0.2, 0) is 4.74 Å². The molecule has 0 aromatic heterocycles. The first-order valence-corrected chi connectivity index (χ1v) is 5.54. The second-order valence-corrected chi connectivity index (χ2v) is 4.58. The molecule has 1 saturated carbocycles. The van der Waals surface area contributed by atoms with Gasteiger partial charge in [0.15, 0.2) is 0 Å². The summed E-state index contributed by atoms with van der Waals surface area (Å²) in [4.78, 5) is 0. The second-order valence-electron chi connectivity index (χ2n) is 4.58. The SMILES string of the molecule is N#CC1(CNCC2CCOCC2)CC1. The van der Waals surface area contributed by atoms with Crippen molar-refractivity contribution < 1.29 is 4.74 Å². The molecule has 3 heteroatoms. The zero-order chi connectivity index (χ0) is 9.86. The van der Waals surface area contributed by atoms with Gasteiger partial charge >= 0.3 is 0 Å². The summed E-state index contributed by atoms with van der Waals surface area (Å²) >= 11 is 0. The Bertz CT molecular complexity index is 224. The molecule has 1 aliphatic heterocycles. The Kier molecular flexibility index (Phi) is 3.05. The van der Waals surface area contributed by atoms with E-state index in [0.717, 1.165) is 45.1 Å². The zero-order valence-electron chi connectivity index (χ0n) is 8.59. The Morgan fingerprint density at radius 2 is 2.07 bits per heavy atom. The van der Waals surface area contributed by atoms with Gasteiger partial charge in [0.25, 0.3) is 0 Å². The monoisotopic (exact) mass is 194 g/mol. The van der Waals surface area contributed by atoms with E-state index >= 15 is 0 Å². The molecule has 2 rings (SSSR count). The van der Waals surface area contributed by atoms with E-state index in [9.17, 15) is 0 Å². The first kappa shape index (κ1) is 9.95. The lowest BCUT2D eigenvalue weighted by molar-refractivity contribution is 0.0661. The predicted molar refractivity (Wildman–Crippen MR) is 53.7 cm³/mol. The fraction of sp³-hybridized carbons (Fsp3) is 0.909. The van der Waals surface area contributed by atoms with Gasteiger partial charge in [-0.3, -0.25) is 0 Å². The standard InChI is InChI=1S/C11H18N2O/c12-8-11(3-4-11)9-13-7-10-1-5-14-6-2-10/h10,13H,1-7,9H2. The number of hydrogen-bond donors (Lipinski definition) is 1. The van der Waals surface area contributed by atoms with Crippen molar-refractivity contribution in [1.29, 1.82) is 5.26 Å². The molecule has 2 fully saturated rings. The third kappa shape index (κ3) is 2.46. The normalized spacial score (nSPS) is 25.6. The lowest BCUT2D eigenvalue weighted by atomic mass is 10.00. The van der Waals surface area contributed by atoms with Crippen molar-refractivity contribution in [2.75, 3.05) is 26.3 Å². The van der Waals surface area contributed by atoms with E-state index < -0.39 is 0 Å². The Hall–Kier alpha value is -0.590. The van der Waals surface area contributed by atoms with Gasteiger partial charge in [-0.25, -0.2) is 0 Å². The number of nitrogens with one attached hydrogen (secondary N) is 1. The number of rotatable bonds is 4. The zero-order valence-corrected chi connectivity index (χ0v) is 8.59. The molecule has 14 heavy (non-hydrogen) atoms. The Labute approximate surface area is 85.4 Å². The molecule has 1 N–H and O–H groups in total. The Balaban J connectivity index is 1.60. The van der Waals surface area contributed by atoms with Crippen LogP contribution in [0.1, 0.15) is 25.7 Å². The van der Waals surface area contributed by atoms with Crippen LogP contribution >= 0.6 is 0 Å². The van der Waals surface area contributed by atoms with Crippen molar-refractivity contribution >= 4 is 0 Å². The molecule has 1 heterocycles. The van der Waals surface area contributed by atoms with Gasteiger partial charge in [-0.1, -0.05) is 0 Å². The van der Waals surface area contributed by atoms with Crippen LogP contribution in [0.15, 0.2) is 0 Å². The maximum absolute atomic E-state index is 8.88. The average molecular weight is 194 g/mol. The summed E-state index contributed by atoms with van der Waals surface area (Å²) < 4.78 is 5.30. The number of nitriles is 1. The topological polar surface area (TPSA) is 45.0 Å². The molecule has 0 radical (unpaired) electrons. The molecule has 0 aromatic rings. The van der Waals surface area contributed by atoms with Gasteiger partial charge in [0.2, 0.25) is 0 Å². The maximum Gasteiger partial charge on any atom is 0.0703 e. The predicted octanol–water partition coefficient (Wildman–Crippen LogP) is 1.31. The summed E-state index contributed by atoms with van der Waals surface area (Å²) in [5.41, 5.74) is 0.00513. The minimum atomic E-state index is 0.00513. The quantitative estimate of drug-likeness (QED) is 0.734. The van der Waals surface area contributed by atoms with Gasteiger partial charge in [0.1, 0.15) is 0 Å². The summed E-state index contributed by atoms with van der Waals surface area (Å²) in [7, 11) is 0. The molecule has 0 unspecified atom stereocenters. The Morgan fingerprint density at radius 3 is 2.64 bits per heavy atom. The molecule has 0 atom stereocenters. The number of hydrogen-bond acceptors (Lipinski definition) is 3. The fourth-order valence-electron chi connectivity index (χ4n) is 1.95. The van der Waals surface area contributed by atoms with Crippen LogP contribution in [0, 0.1) is 22.7 Å². The molecule has 2 aliphatic rings. The minimum absolute atomic E-state index is 0.00513. The summed E-state index contributed by atoms with van der Waals surface area (Å²) in [5.74, 6) is 0.762. The van der Waals surface area contributed by atoms with Gasteiger partial charge in [-0.2, -0.15) is 5.26 Å². The maximum atomic E-state index is 8.88. The van der Waals surface area contributed by atoms with Gasteiger partial charge in [0.05, 0.1) is 11.5 Å². The highest BCUT2D eigenvalue weighted by atomic mass is 16.5. The van der Waals surface area contributed by atoms with Gasteiger partial charge in [-0.05, 0) is 38.1 Å². The van der Waals surface area contributed by atoms with E-state index in [1.165, 1.54) is 12.8 Å². The van der Waals surface area contributed by atoms with Crippen LogP contribution in [0.4, 0.5) is 0 Å². The Morgan fingerprint density at radius 1 is 1.36 bits per heavy atom. The molecule has 78 valence electrons. The van der Waals surface area contributed by atoms with Crippen LogP contribution in [0.25, 0.3) is 0 Å². The van der Waals surface area contributed by atoms with Crippen molar-refractivity contribution in [2.45, 2.75) is 25.7 Å². The minimum Gasteiger partial charge on any atom is -0.381 e. The molecule has 0 aromatic carbocycles. The third-order valence-corrected chi connectivity index (χ3v) is 3.33. The summed E-state index contributed by atoms with van der Waals surface area (Å²) in [6.07, 6.45) is 4.52. The fourth-order valence-corrected chi connectivity index (χ4v) is 1.95. The van der Waals surface area contributed by atoms with Gasteiger partial charge in [-0.15, -0.1) is 0 Å². The van der Waals surface area contributed by atoms with E-state index in [4.69, 9.17) is 10.00 Å². The van der Waals surface area contributed by atoms with E-state index in [-0.39, 0.29) is 5.41 Å². The van der Waals surface area contributed by atoms with Gasteiger partial charge in [0, 0.05) is 19.8 Å². The van der Waals surface area contributed by atoms with Crippen LogP contribution in [-0.4, -0.2) is 26.3 Å². The first-order chi connectivity index (χ1) is 6.85. The lowest BCUT2D eigenvalue weighted by Crippen LogP contribution is -2.31. The third-order valence-electron chi connectivity index (χ3n) is 3.33. The van der Waals surface area contributed by atoms with Crippen molar-refractivity contribution in [1.82, 2.24) is 5.32 Å². The number of nitrogens with zero attached hydrogens (tertiary/aromatic N) is 1. The highest BCUT2D eigenvalue weighted by Gasteiger charge is 2.42. The highest BCUT2D eigenvalue weighted by molar-refractivity contribution is 5.10. The van der Waals surface area contributed by atoms with E-state index in [1.54, 1.807) is 0 Å². The average Bonchev–Trinajstić information content (AvgIpc) is 3.00. The van der Waals surface area contributed by atoms with Crippen molar-refractivity contribution in [2.24, 2.45) is 11.3 Å². The van der Waals surface area contributed by atoms with Crippen molar-refractivity contribution in [3.63, 3.8) is 0 Å². The van der Waals surface area contributed by atoms with Crippen LogP contribution in [0.2, 0.25) is 0 Å². The summed E-state index contributed by atoms with van der Waals surface area (Å²) in [5, 5.41) is 12.3. The van der Waals surface area contributed by atoms with Crippen molar-refractivity contribution in [3.8, 4) is 6.07 Å². The molecule has 3 nitrogen and oxygen atoms in total. The largest absolute Gasteiger partial charge is 0.381 e. The molecule has 0 spiro atoms. The summed E-state index contributed by atoms with van der Waals surface area (Å²) in [6, 6.07) is 2.40.